The maximum Gasteiger partial charge on any atom is 0.236 e. The monoisotopic (exact) mass is 294 g/mol. The molecule has 0 amide bonds. The summed E-state index contributed by atoms with van der Waals surface area (Å²) >= 11 is 0. The lowest BCUT2D eigenvalue weighted by atomic mass is 9.98. The van der Waals surface area contributed by atoms with Crippen LogP contribution in [0.15, 0.2) is 35.3 Å². The van der Waals surface area contributed by atoms with Crippen LogP contribution in [0.5, 0.6) is 0 Å². The summed E-state index contributed by atoms with van der Waals surface area (Å²) in [5.74, 6) is -0.0263. The van der Waals surface area contributed by atoms with E-state index in [-0.39, 0.29) is 11.7 Å². The Morgan fingerprint density at radius 3 is 2.70 bits per heavy atom. The molecule has 5 nitrogen and oxygen atoms in total. The van der Waals surface area contributed by atoms with Gasteiger partial charge < -0.3 is 0 Å². The van der Waals surface area contributed by atoms with Gasteiger partial charge in [-0.25, -0.2) is 13.2 Å². The van der Waals surface area contributed by atoms with E-state index in [9.17, 15) is 13.2 Å². The predicted molar refractivity (Wildman–Crippen MR) is 76.1 cm³/mol. The van der Waals surface area contributed by atoms with Crippen LogP contribution in [0.3, 0.4) is 0 Å². The lowest BCUT2D eigenvalue weighted by Gasteiger charge is -2.35. The van der Waals surface area contributed by atoms with Crippen LogP contribution in [0.1, 0.15) is 25.3 Å². The summed E-state index contributed by atoms with van der Waals surface area (Å²) in [7, 11) is -3.48. The van der Waals surface area contributed by atoms with Gasteiger partial charge in [0.2, 0.25) is 16.1 Å². The van der Waals surface area contributed by atoms with Crippen molar-refractivity contribution in [2.45, 2.75) is 31.7 Å². The zero-order chi connectivity index (χ0) is 14.6. The lowest BCUT2D eigenvalue weighted by molar-refractivity contribution is 0.193. The summed E-state index contributed by atoms with van der Waals surface area (Å²) in [5.41, 5.74) is 0.736. The van der Waals surface area contributed by atoms with E-state index in [1.165, 1.54) is 10.4 Å². The number of hydrogen-bond acceptors (Lipinski definition) is 4. The Hall–Kier alpha value is -1.49. The van der Waals surface area contributed by atoms with Gasteiger partial charge in [0.15, 0.2) is 0 Å². The topological polar surface area (TPSA) is 66.8 Å². The van der Waals surface area contributed by atoms with E-state index >= 15 is 0 Å². The van der Waals surface area contributed by atoms with Crippen molar-refractivity contribution < 1.29 is 13.2 Å². The molecule has 1 saturated heterocycles. The first-order chi connectivity index (χ1) is 9.54. The molecule has 20 heavy (non-hydrogen) atoms. The molecule has 2 unspecified atom stereocenters. The molecular weight excluding hydrogens is 276 g/mol. The van der Waals surface area contributed by atoms with E-state index < -0.39 is 16.2 Å². The molecule has 0 N–H and O–H groups in total. The molecule has 1 aliphatic heterocycles. The molecule has 1 aromatic carbocycles. The number of carbonyl (C=O) groups excluding carboxylic acids is 1. The fourth-order valence-electron chi connectivity index (χ4n) is 2.55. The minimum Gasteiger partial charge on any atom is -0.212 e. The van der Waals surface area contributed by atoms with Crippen LogP contribution in [0, 0.1) is 5.92 Å². The van der Waals surface area contributed by atoms with Gasteiger partial charge in [0, 0.05) is 6.54 Å². The van der Waals surface area contributed by atoms with Crippen LogP contribution in [-0.2, 0) is 20.6 Å². The molecule has 108 valence electrons. The number of sulfonamides is 1. The highest BCUT2D eigenvalue weighted by Crippen LogP contribution is 2.27. The van der Waals surface area contributed by atoms with E-state index in [4.69, 9.17) is 0 Å². The highest BCUT2D eigenvalue weighted by molar-refractivity contribution is 7.88. The largest absolute Gasteiger partial charge is 0.236 e. The summed E-state index contributed by atoms with van der Waals surface area (Å²) < 4.78 is 26.4. The Morgan fingerprint density at radius 2 is 2.05 bits per heavy atom. The van der Waals surface area contributed by atoms with Crippen LogP contribution in [0.2, 0.25) is 0 Å². The van der Waals surface area contributed by atoms with Crippen molar-refractivity contribution in [2.24, 2.45) is 10.9 Å². The third kappa shape index (κ3) is 3.33. The summed E-state index contributed by atoms with van der Waals surface area (Å²) in [4.78, 5) is 14.2. The summed E-state index contributed by atoms with van der Waals surface area (Å²) in [5, 5.41) is 0. The van der Waals surface area contributed by atoms with Crippen molar-refractivity contribution in [3.8, 4) is 0 Å². The predicted octanol–water partition coefficient (Wildman–Crippen LogP) is 1.91. The van der Waals surface area contributed by atoms with Crippen LogP contribution in [-0.4, -0.2) is 31.5 Å². The smallest absolute Gasteiger partial charge is 0.212 e. The number of nitrogens with zero attached hydrogens (tertiary/aromatic N) is 2. The Labute approximate surface area is 119 Å². The van der Waals surface area contributed by atoms with Gasteiger partial charge in [-0.3, -0.25) is 0 Å². The van der Waals surface area contributed by atoms with Crippen molar-refractivity contribution in [3.63, 3.8) is 0 Å². The van der Waals surface area contributed by atoms with Crippen LogP contribution in [0.4, 0.5) is 0 Å². The van der Waals surface area contributed by atoms with Crippen LogP contribution in [0.25, 0.3) is 0 Å². The number of rotatable bonds is 4. The summed E-state index contributed by atoms with van der Waals surface area (Å²) in [6, 6.07) is 9.03. The van der Waals surface area contributed by atoms with Crippen LogP contribution >= 0.6 is 0 Å². The second-order valence-corrected chi connectivity index (χ2v) is 7.03. The fraction of sp³-hybridized carbons (Fsp3) is 0.500. The van der Waals surface area contributed by atoms with E-state index in [2.05, 4.69) is 4.99 Å². The molecule has 0 saturated carbocycles. The molecule has 1 fully saturated rings. The summed E-state index contributed by atoms with van der Waals surface area (Å²) in [6.45, 7) is 2.32. The fourth-order valence-corrected chi connectivity index (χ4v) is 4.32. The number of benzene rings is 1. The zero-order valence-corrected chi connectivity index (χ0v) is 12.2. The maximum atomic E-state index is 12.5. The number of aliphatic imine (C=N–C) groups is 1. The lowest BCUT2D eigenvalue weighted by Crippen LogP contribution is -2.47. The van der Waals surface area contributed by atoms with Crippen molar-refractivity contribution in [1.29, 1.82) is 0 Å². The number of piperidine rings is 1. The van der Waals surface area contributed by atoms with Crippen LogP contribution < -0.4 is 0 Å². The van der Waals surface area contributed by atoms with Gasteiger partial charge in [-0.15, -0.1) is 0 Å². The molecule has 0 aliphatic carbocycles. The van der Waals surface area contributed by atoms with E-state index in [0.717, 1.165) is 18.4 Å². The maximum absolute atomic E-state index is 12.5. The Balaban J connectivity index is 2.24. The average molecular weight is 294 g/mol. The molecule has 0 radical (unpaired) electrons. The average Bonchev–Trinajstić information content (AvgIpc) is 2.42. The molecule has 0 aromatic heterocycles. The molecule has 1 aromatic rings. The van der Waals surface area contributed by atoms with Gasteiger partial charge >= 0.3 is 0 Å². The first-order valence-corrected chi connectivity index (χ1v) is 8.26. The van der Waals surface area contributed by atoms with E-state index in [1.54, 1.807) is 12.1 Å². The second-order valence-electron chi connectivity index (χ2n) is 5.11. The van der Waals surface area contributed by atoms with Gasteiger partial charge in [-0.05, 0) is 24.3 Å². The molecule has 2 atom stereocenters. The highest BCUT2D eigenvalue weighted by atomic mass is 32.2. The van der Waals surface area contributed by atoms with Crippen molar-refractivity contribution >= 4 is 16.1 Å². The Morgan fingerprint density at radius 1 is 1.35 bits per heavy atom. The van der Waals surface area contributed by atoms with Gasteiger partial charge in [-0.1, -0.05) is 37.3 Å². The molecule has 0 bridgehead atoms. The standard InChI is InChI=1S/C14H18N2O3S/c1-12-6-5-9-16(14(12)15-11-17)20(18,19)10-13-7-3-2-4-8-13/h2-4,7-8,12,14H,5-6,9-10H2,1H3. The van der Waals surface area contributed by atoms with Gasteiger partial charge in [-0.2, -0.15) is 9.30 Å². The first-order valence-electron chi connectivity index (χ1n) is 6.65. The molecule has 2 rings (SSSR count). The van der Waals surface area contributed by atoms with Gasteiger partial charge in [0.25, 0.3) is 0 Å². The first kappa shape index (κ1) is 14.9. The molecule has 1 heterocycles. The SMILES string of the molecule is CC1CCCN(S(=O)(=O)Cc2ccccc2)C1N=C=O. The van der Waals surface area contributed by atoms with Crippen molar-refractivity contribution in [3.05, 3.63) is 35.9 Å². The minimum absolute atomic E-state index is 0.0377. The van der Waals surface area contributed by atoms with E-state index in [0.29, 0.717) is 6.54 Å². The molecular formula is C14H18N2O3S. The van der Waals surface area contributed by atoms with Gasteiger partial charge in [0.05, 0.1) is 5.75 Å². The Bertz CT molecular complexity index is 594. The zero-order valence-electron chi connectivity index (χ0n) is 11.4. The van der Waals surface area contributed by atoms with E-state index in [1.807, 2.05) is 25.1 Å². The second kappa shape index (κ2) is 6.31. The van der Waals surface area contributed by atoms with Crippen molar-refractivity contribution in [1.82, 2.24) is 4.31 Å². The third-order valence-corrected chi connectivity index (χ3v) is 5.39. The number of hydrogen-bond donors (Lipinski definition) is 0. The van der Waals surface area contributed by atoms with Gasteiger partial charge in [0.1, 0.15) is 6.17 Å². The molecule has 0 spiro atoms. The number of isocyanates is 1. The summed E-state index contributed by atoms with van der Waals surface area (Å²) in [6.07, 6.45) is 2.55. The highest BCUT2D eigenvalue weighted by Gasteiger charge is 2.36. The minimum atomic E-state index is -3.48. The quantitative estimate of drug-likeness (QED) is 0.629. The normalized spacial score (nSPS) is 24.1. The molecule has 1 aliphatic rings. The van der Waals surface area contributed by atoms with Crippen molar-refractivity contribution in [2.75, 3.05) is 6.54 Å². The Kier molecular flexibility index (Phi) is 4.70. The molecule has 6 heteroatoms. The third-order valence-electron chi connectivity index (χ3n) is 3.58.